The molecule has 0 N–H and O–H groups in total. The van der Waals surface area contributed by atoms with E-state index in [4.69, 9.17) is 15.0 Å². The summed E-state index contributed by atoms with van der Waals surface area (Å²) in [6, 6.07) is 7.92. The van der Waals surface area contributed by atoms with Gasteiger partial charge in [0.15, 0.2) is 5.92 Å². The minimum atomic E-state index is -1.00. The van der Waals surface area contributed by atoms with Gasteiger partial charge in [-0.05, 0) is 62.3 Å². The third-order valence-electron chi connectivity index (χ3n) is 3.87. The predicted octanol–water partition coefficient (Wildman–Crippen LogP) is 4.44. The van der Waals surface area contributed by atoms with Crippen LogP contribution in [-0.4, -0.2) is 31.7 Å². The largest absolute Gasteiger partial charge is 0.465 e. The van der Waals surface area contributed by atoms with Gasteiger partial charge in [-0.2, -0.15) is 0 Å². The number of carbonyl (C=O) groups is 2. The number of hydrogen-bond donors (Lipinski definition) is 0. The quantitative estimate of drug-likeness (QED) is 0.172. The molecule has 0 heterocycles. The minimum absolute atomic E-state index is 0.131. The Hall–Kier alpha value is -2.05. The van der Waals surface area contributed by atoms with Gasteiger partial charge in [0.25, 0.3) is 0 Å². The van der Waals surface area contributed by atoms with E-state index in [9.17, 15) is 9.59 Å². The Balaban J connectivity index is 2.82. The van der Waals surface area contributed by atoms with Crippen molar-refractivity contribution in [1.29, 1.82) is 0 Å². The second kappa shape index (κ2) is 12.3. The van der Waals surface area contributed by atoms with Crippen LogP contribution in [0.5, 0.6) is 0 Å². The molecule has 0 fully saturated rings. The number of benzene rings is 1. The first-order chi connectivity index (χ1) is 12.5. The van der Waals surface area contributed by atoms with Gasteiger partial charge in [0.1, 0.15) is 0 Å². The van der Waals surface area contributed by atoms with Crippen LogP contribution in [0.1, 0.15) is 32.3 Å². The molecule has 0 saturated heterocycles. The van der Waals surface area contributed by atoms with Gasteiger partial charge in [0.05, 0.1) is 13.2 Å². The lowest BCUT2D eigenvalue weighted by molar-refractivity contribution is -0.162. The molecule has 8 heteroatoms. The number of halogens is 1. The van der Waals surface area contributed by atoms with Crippen LogP contribution in [0.15, 0.2) is 33.9 Å². The van der Waals surface area contributed by atoms with Crippen LogP contribution in [0.25, 0.3) is 10.4 Å². The van der Waals surface area contributed by atoms with E-state index in [1.807, 2.05) is 24.3 Å². The van der Waals surface area contributed by atoms with Gasteiger partial charge >= 0.3 is 11.9 Å². The fourth-order valence-electron chi connectivity index (χ4n) is 2.57. The van der Waals surface area contributed by atoms with E-state index in [-0.39, 0.29) is 32.1 Å². The van der Waals surface area contributed by atoms with Crippen molar-refractivity contribution >= 4 is 27.9 Å². The Morgan fingerprint density at radius 1 is 1.15 bits per heavy atom. The van der Waals surface area contributed by atoms with Crippen LogP contribution in [-0.2, 0) is 25.5 Å². The highest BCUT2D eigenvalue weighted by Gasteiger charge is 2.32. The summed E-state index contributed by atoms with van der Waals surface area (Å²) < 4.78 is 11.0. The van der Waals surface area contributed by atoms with Gasteiger partial charge in [-0.25, -0.2) is 0 Å². The summed E-state index contributed by atoms with van der Waals surface area (Å²) in [6.45, 7) is 3.96. The number of ether oxygens (including phenoxy) is 2. The molecular weight excluding hydrogens is 402 g/mol. The van der Waals surface area contributed by atoms with Gasteiger partial charge in [-0.1, -0.05) is 33.2 Å². The Morgan fingerprint density at radius 2 is 1.73 bits per heavy atom. The van der Waals surface area contributed by atoms with E-state index in [2.05, 4.69) is 26.0 Å². The minimum Gasteiger partial charge on any atom is -0.465 e. The second-order valence-corrected chi connectivity index (χ2v) is 6.65. The standard InChI is InChI=1S/C18H24BrN3O4/c1-3-25-17(23)16(18(24)26-4-2)11-14(12-21-22-20)6-5-13-7-9-15(19)10-8-13/h7-10,14,16H,3-6,11-12H2,1-2H3/t14-/m1/s1. The lowest BCUT2D eigenvalue weighted by atomic mass is 9.89. The second-order valence-electron chi connectivity index (χ2n) is 5.74. The average Bonchev–Trinajstić information content (AvgIpc) is 2.62. The fourth-order valence-corrected chi connectivity index (χ4v) is 2.83. The predicted molar refractivity (Wildman–Crippen MR) is 101 cm³/mol. The number of esters is 2. The van der Waals surface area contributed by atoms with Crippen LogP contribution >= 0.6 is 15.9 Å². The fraction of sp³-hybridized carbons (Fsp3) is 0.556. The molecular formula is C18H24BrN3O4. The molecule has 0 aromatic heterocycles. The molecule has 142 valence electrons. The molecule has 0 aliphatic rings. The van der Waals surface area contributed by atoms with Crippen molar-refractivity contribution < 1.29 is 19.1 Å². The van der Waals surface area contributed by atoms with Crippen molar-refractivity contribution in [3.8, 4) is 0 Å². The zero-order valence-corrected chi connectivity index (χ0v) is 16.6. The Labute approximate surface area is 161 Å². The van der Waals surface area contributed by atoms with Crippen LogP contribution in [0.4, 0.5) is 0 Å². The molecule has 0 radical (unpaired) electrons. The van der Waals surface area contributed by atoms with Crippen molar-refractivity contribution in [2.45, 2.75) is 33.1 Å². The molecule has 0 unspecified atom stereocenters. The molecule has 1 rings (SSSR count). The molecule has 7 nitrogen and oxygen atoms in total. The summed E-state index contributed by atoms with van der Waals surface area (Å²) in [6.07, 6.45) is 1.65. The SMILES string of the molecule is CCOC(=O)C(C[C@@H](CCc1ccc(Br)cc1)CN=[N+]=[N-])C(=O)OCC. The first-order valence-electron chi connectivity index (χ1n) is 8.60. The number of hydrogen-bond acceptors (Lipinski definition) is 5. The Kier molecular flexibility index (Phi) is 10.4. The molecule has 0 amide bonds. The summed E-state index contributed by atoms with van der Waals surface area (Å²) in [4.78, 5) is 27.1. The van der Waals surface area contributed by atoms with Gasteiger partial charge in [0, 0.05) is 15.9 Å². The van der Waals surface area contributed by atoms with E-state index in [0.29, 0.717) is 6.42 Å². The van der Waals surface area contributed by atoms with Crippen molar-refractivity contribution in [2.75, 3.05) is 19.8 Å². The van der Waals surface area contributed by atoms with Crippen LogP contribution < -0.4 is 0 Å². The monoisotopic (exact) mass is 425 g/mol. The number of carbonyl (C=O) groups excluding carboxylic acids is 2. The maximum absolute atomic E-state index is 12.1. The van der Waals surface area contributed by atoms with E-state index < -0.39 is 17.9 Å². The van der Waals surface area contributed by atoms with Crippen LogP contribution in [0, 0.1) is 11.8 Å². The topological polar surface area (TPSA) is 101 Å². The summed E-state index contributed by atoms with van der Waals surface area (Å²) in [5.74, 6) is -2.33. The van der Waals surface area contributed by atoms with Crippen LogP contribution in [0.3, 0.4) is 0 Å². The van der Waals surface area contributed by atoms with E-state index in [1.54, 1.807) is 13.8 Å². The smallest absolute Gasteiger partial charge is 0.320 e. The third-order valence-corrected chi connectivity index (χ3v) is 4.40. The lowest BCUT2D eigenvalue weighted by Crippen LogP contribution is -2.31. The van der Waals surface area contributed by atoms with Crippen molar-refractivity contribution in [2.24, 2.45) is 17.0 Å². The molecule has 1 atom stereocenters. The van der Waals surface area contributed by atoms with Gasteiger partial charge in [-0.3, -0.25) is 9.59 Å². The molecule has 0 spiro atoms. The van der Waals surface area contributed by atoms with E-state index in [1.165, 1.54) is 0 Å². The van der Waals surface area contributed by atoms with Gasteiger partial charge in [0.2, 0.25) is 0 Å². The summed E-state index contributed by atoms with van der Waals surface area (Å²) in [5, 5.41) is 3.63. The lowest BCUT2D eigenvalue weighted by Gasteiger charge is -2.20. The number of azide groups is 1. The number of rotatable bonds is 11. The molecule has 0 aliphatic heterocycles. The molecule has 0 saturated carbocycles. The highest BCUT2D eigenvalue weighted by molar-refractivity contribution is 9.10. The number of aryl methyl sites for hydroxylation is 1. The summed E-state index contributed by atoms with van der Waals surface area (Å²) in [7, 11) is 0. The normalized spacial score (nSPS) is 11.5. The molecule has 0 aliphatic carbocycles. The summed E-state index contributed by atoms with van der Waals surface area (Å²) >= 11 is 3.40. The van der Waals surface area contributed by atoms with E-state index >= 15 is 0 Å². The zero-order chi connectivity index (χ0) is 19.4. The van der Waals surface area contributed by atoms with Crippen LogP contribution in [0.2, 0.25) is 0 Å². The maximum atomic E-state index is 12.1. The van der Waals surface area contributed by atoms with Crippen molar-refractivity contribution in [1.82, 2.24) is 0 Å². The zero-order valence-electron chi connectivity index (χ0n) is 15.1. The number of nitrogens with zero attached hydrogens (tertiary/aromatic N) is 3. The maximum Gasteiger partial charge on any atom is 0.320 e. The highest BCUT2D eigenvalue weighted by Crippen LogP contribution is 2.22. The Bertz CT molecular complexity index is 612. The first-order valence-corrected chi connectivity index (χ1v) is 9.39. The van der Waals surface area contributed by atoms with Gasteiger partial charge in [-0.15, -0.1) is 0 Å². The Morgan fingerprint density at radius 3 is 2.23 bits per heavy atom. The molecule has 0 bridgehead atoms. The summed E-state index contributed by atoms with van der Waals surface area (Å²) in [5.41, 5.74) is 9.75. The molecule has 26 heavy (non-hydrogen) atoms. The molecule has 1 aromatic rings. The first kappa shape index (κ1) is 22.0. The van der Waals surface area contributed by atoms with Gasteiger partial charge < -0.3 is 9.47 Å². The highest BCUT2D eigenvalue weighted by atomic mass is 79.9. The van der Waals surface area contributed by atoms with Crippen molar-refractivity contribution in [3.63, 3.8) is 0 Å². The third kappa shape index (κ3) is 7.89. The average molecular weight is 426 g/mol. The molecule has 1 aromatic carbocycles. The van der Waals surface area contributed by atoms with E-state index in [0.717, 1.165) is 16.5 Å². The van der Waals surface area contributed by atoms with Crippen molar-refractivity contribution in [3.05, 3.63) is 44.7 Å².